The molecule has 18 rings (SSSR count). The molecule has 18 aromatic rings. The van der Waals surface area contributed by atoms with Crippen LogP contribution < -0.4 is 50.0 Å². The average Bonchev–Trinajstić information content (AvgIpc) is 0.810. The Morgan fingerprint density at radius 3 is 0.885 bits per heavy atom. The van der Waals surface area contributed by atoms with E-state index in [0.29, 0.717) is 53.8 Å². The van der Waals surface area contributed by atoms with E-state index >= 15 is 0 Å². The van der Waals surface area contributed by atoms with Gasteiger partial charge in [-0.1, -0.05) is 294 Å². The van der Waals surface area contributed by atoms with Crippen molar-refractivity contribution in [3.8, 4) is 51.2 Å². The minimum Gasteiger partial charge on any atom is -0.266 e. The van der Waals surface area contributed by atoms with Crippen molar-refractivity contribution in [2.45, 2.75) is 61.6 Å². The Morgan fingerprint density at radius 1 is 0.230 bits per heavy atom. The number of hydrogen-bond donors (Lipinski definition) is 0. The van der Waals surface area contributed by atoms with Crippen LogP contribution in [0.15, 0.2) is 320 Å². The van der Waals surface area contributed by atoms with Gasteiger partial charge in [-0.2, -0.15) is 101 Å². The third-order valence-corrected chi connectivity index (χ3v) is 28.1. The van der Waals surface area contributed by atoms with Crippen LogP contribution in [0, 0.1) is 55.4 Å². The maximum absolute atomic E-state index is 12.6. The van der Waals surface area contributed by atoms with Crippen LogP contribution in [-0.2, 0) is 6.18 Å². The second-order valence-corrected chi connectivity index (χ2v) is 38.7. The molecule has 0 spiro atoms. The summed E-state index contributed by atoms with van der Waals surface area (Å²) in [5.41, 5.74) is 8.98. The van der Waals surface area contributed by atoms with Gasteiger partial charge in [0, 0.05) is 5.02 Å². The average molecular weight is 2470 g/mol. The molecule has 0 fully saturated rings. The maximum Gasteiger partial charge on any atom is 0.416 e. The highest BCUT2D eigenvalue weighted by atomic mass is 79.9. The first kappa shape index (κ1) is 118. The van der Waals surface area contributed by atoms with Crippen LogP contribution in [-0.4, -0.2) is 88.0 Å². The Hall–Kier alpha value is -11.4. The van der Waals surface area contributed by atoms with Gasteiger partial charge >= 0.3 is 6.18 Å². The van der Waals surface area contributed by atoms with E-state index in [1.54, 1.807) is 54.7 Å². The van der Waals surface area contributed by atoms with Crippen LogP contribution in [0.5, 0.6) is 0 Å². The third-order valence-electron chi connectivity index (χ3n) is 20.0. The molecule has 0 saturated heterocycles. The van der Waals surface area contributed by atoms with E-state index in [-0.39, 0.29) is 91.6 Å². The number of aromatic nitrogens is 18. The highest BCUT2D eigenvalue weighted by Crippen LogP contribution is 2.32. The Balaban J connectivity index is 0.000000170. The molecule has 9 heterocycles. The molecule has 0 bridgehead atoms. The van der Waals surface area contributed by atoms with Gasteiger partial charge in [0.15, 0.2) is 0 Å². The van der Waals surface area contributed by atoms with E-state index in [2.05, 4.69) is 77.7 Å². The molecule has 27 nitrogen and oxygen atoms in total. The van der Waals surface area contributed by atoms with E-state index in [0.717, 1.165) is 77.9 Å². The quantitative estimate of drug-likeness (QED) is 0.130. The molecule has 148 heavy (non-hydrogen) atoms. The number of halogens is 22. The number of rotatable bonds is 9. The van der Waals surface area contributed by atoms with E-state index < -0.39 is 56.2 Å². The second kappa shape index (κ2) is 54.3. The molecule has 0 N–H and O–H groups in total. The van der Waals surface area contributed by atoms with Crippen LogP contribution in [0.2, 0.25) is 85.4 Å². The van der Waals surface area contributed by atoms with Gasteiger partial charge in [0.1, 0.15) is 44.7 Å². The molecule has 9 aromatic heterocycles. The molecular formula is C99H68Br2Cl17F3N18O9. The van der Waals surface area contributed by atoms with Gasteiger partial charge in [-0.25, -0.2) is 0 Å². The predicted molar refractivity (Wildman–Crippen MR) is 592 cm³/mol. The lowest BCUT2D eigenvalue weighted by molar-refractivity contribution is -0.137. The van der Waals surface area contributed by atoms with Crippen molar-refractivity contribution in [2.75, 3.05) is 0 Å². The zero-order chi connectivity index (χ0) is 109. The summed E-state index contributed by atoms with van der Waals surface area (Å²) in [5.74, 6) is 0. The minimum absolute atomic E-state index is 0.0115. The summed E-state index contributed by atoms with van der Waals surface area (Å²) in [6, 6.07) is 61.0. The summed E-state index contributed by atoms with van der Waals surface area (Å²) in [6.45, 7) is 15.6. The largest absolute Gasteiger partial charge is 0.416 e. The second-order valence-electron chi connectivity index (χ2n) is 30.4. The monoisotopic (exact) mass is 2460 g/mol. The lowest BCUT2D eigenvalue weighted by Crippen LogP contribution is -2.22. The van der Waals surface area contributed by atoms with Crippen molar-refractivity contribution < 1.29 is 13.2 Å². The molecule has 762 valence electrons. The van der Waals surface area contributed by atoms with E-state index in [9.17, 15) is 56.3 Å². The normalized spacial score (nSPS) is 10.6. The lowest BCUT2D eigenvalue weighted by Gasteiger charge is -2.10. The number of nitrogens with zero attached hydrogens (tertiary/aromatic N) is 18. The van der Waals surface area contributed by atoms with E-state index in [4.69, 9.17) is 197 Å². The highest BCUT2D eigenvalue weighted by Gasteiger charge is 2.31. The molecule has 0 saturated carbocycles. The molecule has 0 aliphatic heterocycles. The summed E-state index contributed by atoms with van der Waals surface area (Å²) < 4.78 is 49.5. The molecule has 9 aromatic carbocycles. The molecule has 0 aliphatic carbocycles. The molecular weight excluding hydrogens is 2400 g/mol. The van der Waals surface area contributed by atoms with Gasteiger partial charge < -0.3 is 0 Å². The SMILES string of the molecule is Cc1cc(C)cc(-n2ncc(Cl)c(Cl)c2=O)c1.Cc1ccc(-n2ncc(Cl)c(Cl)c2=O)cc1C.Cc1cccc(-n2ncc(Cl)c(Cl)c2=O)c1.Cc1cccc(-n2ncc(Cl)c(Cl)c2=O)c1C.Cc1ccccc1-n1ncc(Cl)c(Cl)c1=O.O=c1c(Br)c(Br)cnn1-c1ccccc1.O=c1c(Cl)c(Cl)cnn1-c1ccc(Cl)cc1.O=c1c(Cl)c(Cl)cnn1-c1cccc(C(F)(F)F)c1.O=c1c(Cl)c(Cl)cnn1-c1ccccc1. The van der Waals surface area contributed by atoms with E-state index in [1.807, 2.05) is 195 Å². The zero-order valence-corrected chi connectivity index (χ0v) is 93.0. The summed E-state index contributed by atoms with van der Waals surface area (Å²) in [5, 5.41) is 36.5. The van der Waals surface area contributed by atoms with E-state index in [1.165, 1.54) is 88.3 Å². The molecule has 49 heteroatoms. The fourth-order valence-electron chi connectivity index (χ4n) is 12.3. The van der Waals surface area contributed by atoms with Crippen molar-refractivity contribution in [3.63, 3.8) is 0 Å². The summed E-state index contributed by atoms with van der Waals surface area (Å²) in [6.07, 6.45) is 7.64. The Kier molecular flexibility index (Phi) is 43.5. The van der Waals surface area contributed by atoms with Gasteiger partial charge in [0.25, 0.3) is 50.0 Å². The van der Waals surface area contributed by atoms with Gasteiger partial charge in [-0.3, -0.25) is 43.2 Å². The smallest absolute Gasteiger partial charge is 0.266 e. The predicted octanol–water partition coefficient (Wildman–Crippen LogP) is 27.2. The summed E-state index contributed by atoms with van der Waals surface area (Å²) >= 11 is 104. The van der Waals surface area contributed by atoms with Crippen molar-refractivity contribution >= 4 is 229 Å². The minimum atomic E-state index is -4.50. The van der Waals surface area contributed by atoms with Crippen LogP contribution in [0.1, 0.15) is 50.1 Å². The van der Waals surface area contributed by atoms with Crippen LogP contribution in [0.3, 0.4) is 0 Å². The number of benzene rings is 9. The van der Waals surface area contributed by atoms with Crippen LogP contribution in [0.4, 0.5) is 13.2 Å². The van der Waals surface area contributed by atoms with Crippen LogP contribution >= 0.6 is 229 Å². The standard InChI is InChI=1S/3C12H10Cl2N2O.C11H5Cl2F3N2O.2C11H8Cl2N2O.C10H6Br2N2O.C10H5Cl3N2O.C10H6Cl2N2O/c1-7-3-8(2)5-9(4-7)16-12(17)11(14)10(13)6-15-16;1-7-3-4-9(5-8(7)2)16-12(17)11(14)10(13)6-15-16;1-7-4-3-5-10(8(7)2)16-12(17)11(14)9(13)6-15-16;12-8-5-17-18(10(19)9(8)13)7-3-1-2-6(4-7)11(14,15)16;1-7-3-2-4-8(5-7)15-11(16)10(13)9(12)6-14-15;1-7-4-2-3-5-9(7)15-11(16)10(13)8(12)6-14-15;11-8-6-13-14(10(15)9(8)12)7-4-2-1-3-5-7;11-6-1-3-7(4-2-6)15-10(16)9(13)8(12)5-14-15;11-8-6-13-14(10(15)9(8)12)7-4-2-1-3-5-7/h3*3-6H,1-2H3;1-5H;2*2-6H,1H3;1-6H;1-5H;1-6H. The first-order valence-corrected chi connectivity index (χ1v) is 49.8. The first-order chi connectivity index (χ1) is 70.0. The van der Waals surface area contributed by atoms with Crippen LogP contribution in [0.25, 0.3) is 51.2 Å². The van der Waals surface area contributed by atoms with Crippen molar-refractivity contribution in [2.24, 2.45) is 0 Å². The molecule has 0 radical (unpaired) electrons. The summed E-state index contributed by atoms with van der Waals surface area (Å²) in [7, 11) is 0. The fourth-order valence-corrected chi connectivity index (χ4v) is 15.0. The summed E-state index contributed by atoms with van der Waals surface area (Å²) in [4.78, 5) is 106. The van der Waals surface area contributed by atoms with Gasteiger partial charge in [-0.15, -0.1) is 0 Å². The number of para-hydroxylation sites is 3. The molecule has 0 aliphatic rings. The maximum atomic E-state index is 12.6. The fraction of sp³-hybridized carbons (Fsp3) is 0.0909. The topological polar surface area (TPSA) is 314 Å². The van der Waals surface area contributed by atoms with Crippen molar-refractivity contribution in [1.29, 1.82) is 0 Å². The van der Waals surface area contributed by atoms with Gasteiger partial charge in [0.2, 0.25) is 0 Å². The van der Waals surface area contributed by atoms with Crippen molar-refractivity contribution in [3.05, 3.63) is 506 Å². The number of hydrogen-bond acceptors (Lipinski definition) is 18. The van der Waals surface area contributed by atoms with Gasteiger partial charge in [0.05, 0.1) is 157 Å². The number of aryl methyl sites for hydroxylation is 7. The third kappa shape index (κ3) is 30.7. The molecule has 0 unspecified atom stereocenters. The first-order valence-electron chi connectivity index (χ1n) is 41.8. The Labute approximate surface area is 939 Å². The van der Waals surface area contributed by atoms with Crippen molar-refractivity contribution in [1.82, 2.24) is 88.0 Å². The zero-order valence-electron chi connectivity index (χ0n) is 76.9. The highest BCUT2D eigenvalue weighted by molar-refractivity contribution is 9.13. The number of alkyl halides is 3. The molecule has 0 amide bonds. The molecule has 0 atom stereocenters. The Bertz CT molecular complexity index is 8430. The lowest BCUT2D eigenvalue weighted by atomic mass is 10.1. The van der Waals surface area contributed by atoms with Gasteiger partial charge in [-0.05, 0) is 247 Å². The Morgan fingerprint density at radius 2 is 0.507 bits per heavy atom.